The summed E-state index contributed by atoms with van der Waals surface area (Å²) < 4.78 is 1.83. The summed E-state index contributed by atoms with van der Waals surface area (Å²) in [5, 5.41) is 10.8. The molecule has 0 saturated heterocycles. The molecule has 0 unspecified atom stereocenters. The topological polar surface area (TPSA) is 111 Å². The molecule has 4 rings (SSSR count). The molecule has 0 radical (unpaired) electrons. The molecule has 2 aromatic carbocycles. The first-order valence-electron chi connectivity index (χ1n) is 9.62. The van der Waals surface area contributed by atoms with Crippen molar-refractivity contribution in [3.8, 4) is 22.5 Å². The maximum absolute atomic E-state index is 12.4. The molecule has 0 atom stereocenters. The lowest BCUT2D eigenvalue weighted by atomic mass is 10.0. The van der Waals surface area contributed by atoms with E-state index >= 15 is 0 Å². The van der Waals surface area contributed by atoms with E-state index in [1.165, 1.54) is 0 Å². The lowest BCUT2D eigenvalue weighted by Crippen LogP contribution is -2.19. The molecule has 2 aromatic heterocycles. The van der Waals surface area contributed by atoms with Crippen molar-refractivity contribution in [1.29, 1.82) is 0 Å². The van der Waals surface area contributed by atoms with Crippen LogP contribution in [0.3, 0.4) is 0 Å². The van der Waals surface area contributed by atoms with Crippen LogP contribution in [0.15, 0.2) is 67.0 Å². The number of amides is 2. The van der Waals surface area contributed by atoms with Gasteiger partial charge in [-0.25, -0.2) is 14.8 Å². The Hall–Kier alpha value is -3.91. The Morgan fingerprint density at radius 3 is 2.55 bits per heavy atom. The molecule has 0 fully saturated rings. The van der Waals surface area contributed by atoms with Gasteiger partial charge < -0.3 is 16.4 Å². The molecule has 8 nitrogen and oxygen atoms in total. The smallest absolute Gasteiger partial charge is 0.323 e. The fraction of sp³-hybridized carbons (Fsp3) is 0.0909. The minimum Gasteiger partial charge on any atom is -0.368 e. The Morgan fingerprint density at radius 1 is 1.10 bits per heavy atom. The maximum Gasteiger partial charge on any atom is 0.323 e. The van der Waals surface area contributed by atoms with Crippen LogP contribution in [-0.4, -0.2) is 25.8 Å². The lowest BCUT2D eigenvalue weighted by molar-refractivity contribution is 0.262. The minimum absolute atomic E-state index is 0.183. The average molecular weight is 434 g/mol. The molecule has 0 aliphatic carbocycles. The fourth-order valence-corrected chi connectivity index (χ4v) is 3.30. The summed E-state index contributed by atoms with van der Waals surface area (Å²) in [6.45, 7) is 2.71. The Labute approximate surface area is 184 Å². The molecule has 31 heavy (non-hydrogen) atoms. The van der Waals surface area contributed by atoms with Gasteiger partial charge in [0.2, 0.25) is 5.95 Å². The van der Waals surface area contributed by atoms with E-state index in [4.69, 9.17) is 17.3 Å². The van der Waals surface area contributed by atoms with E-state index in [-0.39, 0.29) is 12.0 Å². The van der Waals surface area contributed by atoms with Gasteiger partial charge in [0.05, 0.1) is 5.69 Å². The minimum atomic E-state index is -0.368. The third-order valence-electron chi connectivity index (χ3n) is 4.52. The first-order valence-corrected chi connectivity index (χ1v) is 10.00. The predicted octanol–water partition coefficient (Wildman–Crippen LogP) is 4.91. The van der Waals surface area contributed by atoms with Gasteiger partial charge in [-0.1, -0.05) is 29.8 Å². The number of urea groups is 1. The number of nitrogens with zero attached hydrogens (tertiary/aromatic N) is 4. The Balaban J connectivity index is 1.61. The highest BCUT2D eigenvalue weighted by Gasteiger charge is 2.15. The van der Waals surface area contributed by atoms with Crippen LogP contribution in [0.2, 0.25) is 5.02 Å². The molecule has 4 N–H and O–H groups in total. The first kappa shape index (κ1) is 20.4. The molecule has 0 spiro atoms. The third kappa shape index (κ3) is 4.81. The number of aryl methyl sites for hydroxylation is 1. The van der Waals surface area contributed by atoms with Gasteiger partial charge in [0.25, 0.3) is 0 Å². The molecular formula is C22H20ClN7O. The highest BCUT2D eigenvalue weighted by atomic mass is 35.5. The van der Waals surface area contributed by atoms with Crippen molar-refractivity contribution in [2.24, 2.45) is 0 Å². The average Bonchev–Trinajstić information content (AvgIpc) is 3.18. The molecule has 9 heteroatoms. The normalized spacial score (nSPS) is 10.6. The highest BCUT2D eigenvalue weighted by Crippen LogP contribution is 2.31. The fourth-order valence-electron chi connectivity index (χ4n) is 3.11. The van der Waals surface area contributed by atoms with Crippen LogP contribution in [0.25, 0.3) is 22.5 Å². The van der Waals surface area contributed by atoms with E-state index in [1.54, 1.807) is 36.5 Å². The number of hydrogen-bond donors (Lipinski definition) is 3. The summed E-state index contributed by atoms with van der Waals surface area (Å²) in [5.41, 5.74) is 10.1. The lowest BCUT2D eigenvalue weighted by Gasteiger charge is -2.09. The van der Waals surface area contributed by atoms with Crippen LogP contribution >= 0.6 is 11.6 Å². The second kappa shape index (κ2) is 8.85. The number of nitrogens with one attached hydrogen (secondary N) is 2. The van der Waals surface area contributed by atoms with Crippen molar-refractivity contribution in [3.63, 3.8) is 0 Å². The SMILES string of the molecule is CCn1cc(-c2cccc(NC(=O)Nc3cccc(Cl)c3)c2)c(-c2ccnc(N)n2)n1. The number of halogens is 1. The maximum atomic E-state index is 12.4. The molecule has 0 aliphatic rings. The molecular weight excluding hydrogens is 414 g/mol. The van der Waals surface area contributed by atoms with E-state index in [2.05, 4.69) is 25.7 Å². The van der Waals surface area contributed by atoms with Gasteiger partial charge in [-0.15, -0.1) is 0 Å². The number of anilines is 3. The number of carbonyl (C=O) groups is 1. The van der Waals surface area contributed by atoms with Crippen molar-refractivity contribution < 1.29 is 4.79 Å². The van der Waals surface area contributed by atoms with Gasteiger partial charge in [0, 0.05) is 40.9 Å². The van der Waals surface area contributed by atoms with Crippen LogP contribution in [-0.2, 0) is 6.54 Å². The number of nitrogen functional groups attached to an aromatic ring is 1. The van der Waals surface area contributed by atoms with Crippen LogP contribution < -0.4 is 16.4 Å². The van der Waals surface area contributed by atoms with Gasteiger partial charge in [0.1, 0.15) is 5.69 Å². The first-order chi connectivity index (χ1) is 15.0. The Morgan fingerprint density at radius 2 is 1.84 bits per heavy atom. The second-order valence-corrected chi connectivity index (χ2v) is 7.15. The van der Waals surface area contributed by atoms with Gasteiger partial charge in [0.15, 0.2) is 0 Å². The van der Waals surface area contributed by atoms with E-state index in [9.17, 15) is 4.79 Å². The van der Waals surface area contributed by atoms with Gasteiger partial charge in [-0.3, -0.25) is 4.68 Å². The standard InChI is InChI=1S/C22H20ClN7O/c1-2-30-13-18(20(29-30)19-9-10-25-21(24)28-19)14-5-3-7-16(11-14)26-22(31)27-17-8-4-6-15(23)12-17/h3-13H,2H2,1H3,(H2,24,25,28)(H2,26,27,31). The molecule has 0 aliphatic heterocycles. The Kier molecular flexibility index (Phi) is 5.81. The summed E-state index contributed by atoms with van der Waals surface area (Å²) in [7, 11) is 0. The van der Waals surface area contributed by atoms with Crippen LogP contribution in [0.5, 0.6) is 0 Å². The van der Waals surface area contributed by atoms with Crippen molar-refractivity contribution in [3.05, 3.63) is 72.0 Å². The van der Waals surface area contributed by atoms with E-state index in [0.29, 0.717) is 34.3 Å². The van der Waals surface area contributed by atoms with E-state index in [1.807, 2.05) is 42.1 Å². The molecule has 156 valence electrons. The van der Waals surface area contributed by atoms with Crippen LogP contribution in [0, 0.1) is 0 Å². The Bertz CT molecular complexity index is 1240. The zero-order valence-corrected chi connectivity index (χ0v) is 17.5. The summed E-state index contributed by atoms with van der Waals surface area (Å²) in [6, 6.07) is 15.9. The highest BCUT2D eigenvalue weighted by molar-refractivity contribution is 6.30. The quantitative estimate of drug-likeness (QED) is 0.414. The molecule has 0 saturated carbocycles. The number of aromatic nitrogens is 4. The summed E-state index contributed by atoms with van der Waals surface area (Å²) in [6.07, 6.45) is 3.54. The van der Waals surface area contributed by atoms with Crippen molar-refractivity contribution >= 4 is 35.0 Å². The zero-order valence-electron chi connectivity index (χ0n) is 16.7. The predicted molar refractivity (Wildman–Crippen MR) is 123 cm³/mol. The molecule has 4 aromatic rings. The summed E-state index contributed by atoms with van der Waals surface area (Å²) in [4.78, 5) is 20.7. The van der Waals surface area contributed by atoms with Crippen LogP contribution in [0.1, 0.15) is 6.92 Å². The van der Waals surface area contributed by atoms with Crippen molar-refractivity contribution in [2.75, 3.05) is 16.4 Å². The van der Waals surface area contributed by atoms with Crippen molar-refractivity contribution in [2.45, 2.75) is 13.5 Å². The number of rotatable bonds is 5. The molecule has 2 amide bonds. The number of carbonyl (C=O) groups excluding carboxylic acids is 1. The van der Waals surface area contributed by atoms with Gasteiger partial charge in [-0.05, 0) is 48.9 Å². The van der Waals surface area contributed by atoms with E-state index < -0.39 is 0 Å². The van der Waals surface area contributed by atoms with E-state index in [0.717, 1.165) is 11.1 Å². The van der Waals surface area contributed by atoms with Crippen LogP contribution in [0.4, 0.5) is 22.1 Å². The number of benzene rings is 2. The second-order valence-electron chi connectivity index (χ2n) is 6.72. The van der Waals surface area contributed by atoms with Gasteiger partial charge >= 0.3 is 6.03 Å². The molecule has 2 heterocycles. The largest absolute Gasteiger partial charge is 0.368 e. The summed E-state index contributed by atoms with van der Waals surface area (Å²) in [5.74, 6) is 0.183. The monoisotopic (exact) mass is 433 g/mol. The third-order valence-corrected chi connectivity index (χ3v) is 4.75. The number of nitrogens with two attached hydrogens (primary N) is 1. The van der Waals surface area contributed by atoms with Crippen molar-refractivity contribution in [1.82, 2.24) is 19.7 Å². The molecule has 0 bridgehead atoms. The zero-order chi connectivity index (χ0) is 21.8. The summed E-state index contributed by atoms with van der Waals surface area (Å²) >= 11 is 5.97. The van der Waals surface area contributed by atoms with Gasteiger partial charge in [-0.2, -0.15) is 5.10 Å². The number of hydrogen-bond acceptors (Lipinski definition) is 5.